The Hall–Kier alpha value is -1.72. The first-order valence-electron chi connectivity index (χ1n) is 10.7. The number of hydrogen-bond acceptors (Lipinski definition) is 4. The molecule has 2 atom stereocenters. The molecule has 0 amide bonds. The maximum absolute atomic E-state index is 6.00. The lowest BCUT2D eigenvalue weighted by Gasteiger charge is -2.24. The van der Waals surface area contributed by atoms with E-state index < -0.39 is 0 Å². The van der Waals surface area contributed by atoms with Crippen molar-refractivity contribution in [1.82, 2.24) is 16.0 Å². The Balaban J connectivity index is 1.82. The zero-order valence-corrected chi connectivity index (χ0v) is 17.4. The molecule has 0 aromatic heterocycles. The van der Waals surface area contributed by atoms with Gasteiger partial charge in [-0.05, 0) is 56.9 Å². The first kappa shape index (κ1) is 22.6. The minimum absolute atomic E-state index is 0.394. The van der Waals surface area contributed by atoms with Gasteiger partial charge in [0.2, 0.25) is 0 Å². The molecule has 4 heteroatoms. The first-order chi connectivity index (χ1) is 13.8. The molecule has 2 aromatic rings. The quantitative estimate of drug-likeness (QED) is 0.358. The standard InChI is InChI=1S/C24H38N4/c1-26-16-9-8-14-23(19-25)28-20-24(18-22-12-6-3-7-13-22)27-17-15-21-10-4-2-5-11-21/h2-7,10-13,23-24,26-28H,8-9,14-20,25H2,1H3/t23-,24+/m1/s1. The summed E-state index contributed by atoms with van der Waals surface area (Å²) in [6, 6.07) is 22.2. The van der Waals surface area contributed by atoms with E-state index in [9.17, 15) is 0 Å². The van der Waals surface area contributed by atoms with Gasteiger partial charge in [-0.3, -0.25) is 0 Å². The highest BCUT2D eigenvalue weighted by molar-refractivity contribution is 5.17. The third kappa shape index (κ3) is 9.47. The number of nitrogens with two attached hydrogens (primary N) is 1. The summed E-state index contributed by atoms with van der Waals surface area (Å²) in [5.41, 5.74) is 8.76. The van der Waals surface area contributed by atoms with E-state index in [0.717, 1.165) is 38.9 Å². The van der Waals surface area contributed by atoms with E-state index in [-0.39, 0.29) is 0 Å². The van der Waals surface area contributed by atoms with Gasteiger partial charge in [0.25, 0.3) is 0 Å². The van der Waals surface area contributed by atoms with Crippen LogP contribution < -0.4 is 21.7 Å². The predicted octanol–water partition coefficient (Wildman–Crippen LogP) is 2.74. The zero-order chi connectivity index (χ0) is 19.9. The van der Waals surface area contributed by atoms with E-state index in [1.807, 2.05) is 7.05 Å². The van der Waals surface area contributed by atoms with E-state index in [4.69, 9.17) is 5.73 Å². The second kappa shape index (κ2) is 14.3. The number of rotatable bonds is 15. The van der Waals surface area contributed by atoms with Crippen LogP contribution in [0.15, 0.2) is 60.7 Å². The first-order valence-corrected chi connectivity index (χ1v) is 10.7. The lowest BCUT2D eigenvalue weighted by Crippen LogP contribution is -2.46. The van der Waals surface area contributed by atoms with E-state index in [2.05, 4.69) is 76.6 Å². The summed E-state index contributed by atoms with van der Waals surface area (Å²) >= 11 is 0. The Kier molecular flexibility index (Phi) is 11.5. The summed E-state index contributed by atoms with van der Waals surface area (Å²) < 4.78 is 0. The van der Waals surface area contributed by atoms with Gasteiger partial charge in [-0.2, -0.15) is 0 Å². The SMILES string of the molecule is CNCCCC[C@H](CN)NC[C@H](Cc1ccccc1)NCCc1ccccc1. The highest BCUT2D eigenvalue weighted by Gasteiger charge is 2.12. The van der Waals surface area contributed by atoms with Gasteiger partial charge in [0, 0.05) is 25.2 Å². The van der Waals surface area contributed by atoms with Crippen LogP contribution in [-0.2, 0) is 12.8 Å². The molecule has 28 heavy (non-hydrogen) atoms. The average molecular weight is 383 g/mol. The van der Waals surface area contributed by atoms with E-state index in [1.54, 1.807) is 0 Å². The lowest BCUT2D eigenvalue weighted by molar-refractivity contribution is 0.409. The van der Waals surface area contributed by atoms with E-state index in [1.165, 1.54) is 24.0 Å². The molecule has 4 nitrogen and oxygen atoms in total. The average Bonchev–Trinajstić information content (AvgIpc) is 2.74. The van der Waals surface area contributed by atoms with Crippen LogP contribution in [0.3, 0.4) is 0 Å². The Morgan fingerprint density at radius 2 is 1.46 bits per heavy atom. The summed E-state index contributed by atoms with van der Waals surface area (Å²) in [6.45, 7) is 3.70. The molecule has 0 aliphatic rings. The van der Waals surface area contributed by atoms with Crippen LogP contribution in [0.1, 0.15) is 30.4 Å². The van der Waals surface area contributed by atoms with Gasteiger partial charge in [0.15, 0.2) is 0 Å². The lowest BCUT2D eigenvalue weighted by atomic mass is 10.0. The molecule has 0 fully saturated rings. The normalized spacial score (nSPS) is 13.4. The molecular formula is C24H38N4. The molecule has 2 rings (SSSR count). The van der Waals surface area contributed by atoms with Gasteiger partial charge < -0.3 is 21.7 Å². The van der Waals surface area contributed by atoms with Crippen LogP contribution in [0.25, 0.3) is 0 Å². The van der Waals surface area contributed by atoms with Crippen molar-refractivity contribution >= 4 is 0 Å². The van der Waals surface area contributed by atoms with Crippen molar-refractivity contribution in [2.45, 2.75) is 44.2 Å². The Morgan fingerprint density at radius 1 is 0.786 bits per heavy atom. The van der Waals surface area contributed by atoms with E-state index >= 15 is 0 Å². The van der Waals surface area contributed by atoms with Crippen molar-refractivity contribution in [2.75, 3.05) is 33.2 Å². The van der Waals surface area contributed by atoms with Crippen LogP contribution >= 0.6 is 0 Å². The highest BCUT2D eigenvalue weighted by atomic mass is 15.0. The highest BCUT2D eigenvalue weighted by Crippen LogP contribution is 2.05. The summed E-state index contributed by atoms with van der Waals surface area (Å²) in [6.07, 6.45) is 5.63. The number of benzene rings is 2. The Morgan fingerprint density at radius 3 is 2.11 bits per heavy atom. The van der Waals surface area contributed by atoms with Gasteiger partial charge in [0.1, 0.15) is 0 Å². The molecule has 0 saturated heterocycles. The van der Waals surface area contributed by atoms with E-state index in [0.29, 0.717) is 18.6 Å². The van der Waals surface area contributed by atoms with Gasteiger partial charge in [-0.25, -0.2) is 0 Å². The van der Waals surface area contributed by atoms with Gasteiger partial charge in [-0.1, -0.05) is 67.1 Å². The molecule has 0 unspecified atom stereocenters. The molecular weight excluding hydrogens is 344 g/mol. The minimum Gasteiger partial charge on any atom is -0.329 e. The molecule has 5 N–H and O–H groups in total. The van der Waals surface area contributed by atoms with Gasteiger partial charge >= 0.3 is 0 Å². The summed E-state index contributed by atoms with van der Waals surface area (Å²) in [4.78, 5) is 0. The molecule has 0 radical (unpaired) electrons. The topological polar surface area (TPSA) is 62.1 Å². The fourth-order valence-corrected chi connectivity index (χ4v) is 3.49. The van der Waals surface area contributed by atoms with Crippen molar-refractivity contribution in [3.63, 3.8) is 0 Å². The molecule has 2 aromatic carbocycles. The fourth-order valence-electron chi connectivity index (χ4n) is 3.49. The Bertz CT molecular complexity index is 603. The number of unbranched alkanes of at least 4 members (excludes halogenated alkanes) is 1. The largest absolute Gasteiger partial charge is 0.329 e. The molecule has 0 bridgehead atoms. The molecule has 0 saturated carbocycles. The molecule has 0 heterocycles. The van der Waals surface area contributed by atoms with Crippen LogP contribution in [0.5, 0.6) is 0 Å². The minimum atomic E-state index is 0.394. The van der Waals surface area contributed by atoms with Gasteiger partial charge in [0.05, 0.1) is 0 Å². The number of nitrogens with one attached hydrogen (secondary N) is 3. The predicted molar refractivity (Wildman–Crippen MR) is 121 cm³/mol. The van der Waals surface area contributed by atoms with Crippen molar-refractivity contribution < 1.29 is 0 Å². The number of hydrogen-bond donors (Lipinski definition) is 4. The van der Waals surface area contributed by atoms with Crippen LogP contribution in [-0.4, -0.2) is 45.3 Å². The maximum Gasteiger partial charge on any atom is 0.0233 e. The summed E-state index contributed by atoms with van der Waals surface area (Å²) in [7, 11) is 2.01. The van der Waals surface area contributed by atoms with Crippen molar-refractivity contribution in [3.05, 3.63) is 71.8 Å². The van der Waals surface area contributed by atoms with Crippen LogP contribution in [0.4, 0.5) is 0 Å². The van der Waals surface area contributed by atoms with Crippen LogP contribution in [0.2, 0.25) is 0 Å². The summed E-state index contributed by atoms with van der Waals surface area (Å²) in [5.74, 6) is 0. The monoisotopic (exact) mass is 382 g/mol. The third-order valence-corrected chi connectivity index (χ3v) is 5.18. The van der Waals surface area contributed by atoms with Crippen LogP contribution in [0, 0.1) is 0 Å². The van der Waals surface area contributed by atoms with Crippen molar-refractivity contribution in [1.29, 1.82) is 0 Å². The fraction of sp³-hybridized carbons (Fsp3) is 0.500. The molecule has 0 aliphatic heterocycles. The zero-order valence-electron chi connectivity index (χ0n) is 17.4. The molecule has 154 valence electrons. The third-order valence-electron chi connectivity index (χ3n) is 5.18. The second-order valence-electron chi connectivity index (χ2n) is 7.52. The molecule has 0 spiro atoms. The molecule has 0 aliphatic carbocycles. The van der Waals surface area contributed by atoms with Crippen molar-refractivity contribution in [2.24, 2.45) is 5.73 Å². The maximum atomic E-state index is 6.00. The Labute approximate surface area is 171 Å². The summed E-state index contributed by atoms with van der Waals surface area (Å²) in [5, 5.41) is 10.7. The smallest absolute Gasteiger partial charge is 0.0233 e. The van der Waals surface area contributed by atoms with Gasteiger partial charge in [-0.15, -0.1) is 0 Å². The van der Waals surface area contributed by atoms with Crippen molar-refractivity contribution in [3.8, 4) is 0 Å². The second-order valence-corrected chi connectivity index (χ2v) is 7.52.